The molecule has 0 bridgehead atoms. The van der Waals surface area contributed by atoms with E-state index >= 15 is 0 Å². The quantitative estimate of drug-likeness (QED) is 0.914. The summed E-state index contributed by atoms with van der Waals surface area (Å²) >= 11 is 0. The Hall–Kier alpha value is -0.940. The van der Waals surface area contributed by atoms with Gasteiger partial charge in [0.1, 0.15) is 0 Å². The zero-order chi connectivity index (χ0) is 13.4. The van der Waals surface area contributed by atoms with Crippen molar-refractivity contribution in [2.24, 2.45) is 5.41 Å². The fourth-order valence-electron chi connectivity index (χ4n) is 2.17. The number of para-hydroxylation sites is 2. The molecule has 1 aromatic rings. The second kappa shape index (κ2) is 5.59. The van der Waals surface area contributed by atoms with E-state index in [4.69, 9.17) is 0 Å². The van der Waals surface area contributed by atoms with Gasteiger partial charge in [-0.15, -0.1) is 12.4 Å². The highest BCUT2D eigenvalue weighted by molar-refractivity contribution is 7.92. The lowest BCUT2D eigenvalue weighted by Crippen LogP contribution is -2.42. The SMILES string of the molecule is CC(C)(C)CS(=O)(=O)N1CCNc2ccccc21.Cl. The van der Waals surface area contributed by atoms with Crippen LogP contribution in [0.4, 0.5) is 11.4 Å². The van der Waals surface area contributed by atoms with Crippen molar-refractivity contribution in [3.63, 3.8) is 0 Å². The highest BCUT2D eigenvalue weighted by Crippen LogP contribution is 2.32. The van der Waals surface area contributed by atoms with Crippen LogP contribution >= 0.6 is 12.4 Å². The van der Waals surface area contributed by atoms with Crippen molar-refractivity contribution >= 4 is 33.8 Å². The number of benzene rings is 1. The molecule has 0 saturated heterocycles. The van der Waals surface area contributed by atoms with Crippen LogP contribution in [0.1, 0.15) is 20.8 Å². The van der Waals surface area contributed by atoms with Crippen LogP contribution in [0.15, 0.2) is 24.3 Å². The number of anilines is 2. The Balaban J connectivity index is 0.00000180. The third-order valence-corrected chi connectivity index (χ3v) is 5.04. The molecule has 1 aliphatic rings. The average Bonchev–Trinajstić information content (AvgIpc) is 2.25. The molecule has 6 heteroatoms. The van der Waals surface area contributed by atoms with Crippen LogP contribution in [0.5, 0.6) is 0 Å². The van der Waals surface area contributed by atoms with Gasteiger partial charge >= 0.3 is 0 Å². The van der Waals surface area contributed by atoms with Gasteiger partial charge in [0.25, 0.3) is 0 Å². The van der Waals surface area contributed by atoms with E-state index < -0.39 is 10.0 Å². The molecule has 0 aromatic heterocycles. The Morgan fingerprint density at radius 3 is 2.53 bits per heavy atom. The van der Waals surface area contributed by atoms with E-state index in [-0.39, 0.29) is 23.6 Å². The standard InChI is InChI=1S/C13H20N2O2S.ClH/c1-13(2,3)10-18(16,17)15-9-8-14-11-6-4-5-7-12(11)15;/h4-7,14H,8-10H2,1-3H3;1H. The Kier molecular flexibility index (Phi) is 4.74. The minimum atomic E-state index is -3.26. The van der Waals surface area contributed by atoms with E-state index in [1.54, 1.807) is 0 Å². The molecule has 1 aromatic carbocycles. The average molecular weight is 305 g/mol. The second-order valence-electron chi connectivity index (χ2n) is 5.83. The zero-order valence-corrected chi connectivity index (χ0v) is 13.1. The lowest BCUT2D eigenvalue weighted by Gasteiger charge is -2.33. The Morgan fingerprint density at radius 2 is 1.89 bits per heavy atom. The molecular formula is C13H21ClN2O2S. The van der Waals surface area contributed by atoms with Crippen LogP contribution in [0.3, 0.4) is 0 Å². The van der Waals surface area contributed by atoms with Crippen molar-refractivity contribution in [2.45, 2.75) is 20.8 Å². The van der Waals surface area contributed by atoms with Gasteiger partial charge in [-0.2, -0.15) is 0 Å². The molecule has 0 fully saturated rings. The summed E-state index contributed by atoms with van der Waals surface area (Å²) in [5, 5.41) is 3.22. The molecule has 1 N–H and O–H groups in total. The summed E-state index contributed by atoms with van der Waals surface area (Å²) in [7, 11) is -3.26. The van der Waals surface area contributed by atoms with Gasteiger partial charge in [-0.25, -0.2) is 8.42 Å². The van der Waals surface area contributed by atoms with E-state index in [1.165, 1.54) is 4.31 Å². The van der Waals surface area contributed by atoms with Gasteiger partial charge in [-0.05, 0) is 17.5 Å². The van der Waals surface area contributed by atoms with Gasteiger partial charge in [0, 0.05) is 6.54 Å². The number of rotatable bonds is 2. The van der Waals surface area contributed by atoms with Gasteiger partial charge in [0.15, 0.2) is 0 Å². The second-order valence-corrected chi connectivity index (χ2v) is 7.73. The van der Waals surface area contributed by atoms with Crippen molar-refractivity contribution < 1.29 is 8.42 Å². The highest BCUT2D eigenvalue weighted by atomic mass is 35.5. The van der Waals surface area contributed by atoms with E-state index in [1.807, 2.05) is 45.0 Å². The van der Waals surface area contributed by atoms with Gasteiger partial charge < -0.3 is 5.32 Å². The first-order chi connectivity index (χ1) is 8.30. The number of fused-ring (bicyclic) bond motifs is 1. The number of halogens is 1. The molecular weight excluding hydrogens is 284 g/mol. The molecule has 108 valence electrons. The number of nitrogens with one attached hydrogen (secondary N) is 1. The predicted molar refractivity (Wildman–Crippen MR) is 82.8 cm³/mol. The molecule has 0 unspecified atom stereocenters. The predicted octanol–water partition coefficient (Wildman–Crippen LogP) is 2.72. The van der Waals surface area contributed by atoms with Crippen LogP contribution in [0.25, 0.3) is 0 Å². The third-order valence-electron chi connectivity index (χ3n) is 2.75. The molecule has 0 aliphatic carbocycles. The number of nitrogens with zero attached hydrogens (tertiary/aromatic N) is 1. The van der Waals surface area contributed by atoms with E-state index in [0.29, 0.717) is 13.1 Å². The number of hydrogen-bond acceptors (Lipinski definition) is 3. The van der Waals surface area contributed by atoms with Crippen LogP contribution < -0.4 is 9.62 Å². The first kappa shape index (κ1) is 16.1. The molecule has 0 amide bonds. The third kappa shape index (κ3) is 3.76. The number of sulfonamides is 1. The van der Waals surface area contributed by atoms with Gasteiger partial charge in [0.2, 0.25) is 10.0 Å². The number of hydrogen-bond donors (Lipinski definition) is 1. The molecule has 4 nitrogen and oxygen atoms in total. The van der Waals surface area contributed by atoms with E-state index in [9.17, 15) is 8.42 Å². The van der Waals surface area contributed by atoms with Gasteiger partial charge in [0.05, 0.1) is 23.7 Å². The first-order valence-electron chi connectivity index (χ1n) is 6.13. The van der Waals surface area contributed by atoms with Crippen molar-refractivity contribution in [3.05, 3.63) is 24.3 Å². The summed E-state index contributed by atoms with van der Waals surface area (Å²) in [4.78, 5) is 0. The molecule has 19 heavy (non-hydrogen) atoms. The molecule has 0 atom stereocenters. The van der Waals surface area contributed by atoms with Crippen LogP contribution in [-0.2, 0) is 10.0 Å². The summed E-state index contributed by atoms with van der Waals surface area (Å²) < 4.78 is 26.5. The summed E-state index contributed by atoms with van der Waals surface area (Å²) in [5.74, 6) is 0.161. The maximum atomic E-state index is 12.5. The summed E-state index contributed by atoms with van der Waals surface area (Å²) in [6.45, 7) is 6.98. The monoisotopic (exact) mass is 304 g/mol. The van der Waals surface area contributed by atoms with Crippen molar-refractivity contribution in [2.75, 3.05) is 28.5 Å². The smallest absolute Gasteiger partial charge is 0.235 e. The Bertz CT molecular complexity index is 538. The van der Waals surface area contributed by atoms with Crippen molar-refractivity contribution in [1.29, 1.82) is 0 Å². The van der Waals surface area contributed by atoms with Crippen LogP contribution in [0.2, 0.25) is 0 Å². The molecule has 0 saturated carbocycles. The summed E-state index contributed by atoms with van der Waals surface area (Å²) in [6, 6.07) is 7.53. The molecule has 0 spiro atoms. The Morgan fingerprint density at radius 1 is 1.26 bits per heavy atom. The largest absolute Gasteiger partial charge is 0.382 e. The normalized spacial score (nSPS) is 15.2. The van der Waals surface area contributed by atoms with E-state index in [2.05, 4.69) is 5.32 Å². The lowest BCUT2D eigenvalue weighted by molar-refractivity contribution is 0.460. The summed E-state index contributed by atoms with van der Waals surface area (Å²) in [6.07, 6.45) is 0. The van der Waals surface area contributed by atoms with Crippen molar-refractivity contribution in [1.82, 2.24) is 0 Å². The van der Waals surface area contributed by atoms with Crippen molar-refractivity contribution in [3.8, 4) is 0 Å². The first-order valence-corrected chi connectivity index (χ1v) is 7.74. The van der Waals surface area contributed by atoms with Crippen LogP contribution in [0, 0.1) is 5.41 Å². The molecule has 1 heterocycles. The molecule has 1 aliphatic heterocycles. The van der Waals surface area contributed by atoms with E-state index in [0.717, 1.165) is 11.4 Å². The van der Waals surface area contributed by atoms with Crippen LogP contribution in [-0.4, -0.2) is 27.3 Å². The summed E-state index contributed by atoms with van der Waals surface area (Å²) in [5.41, 5.74) is 1.41. The minimum absolute atomic E-state index is 0. The fraction of sp³-hybridized carbons (Fsp3) is 0.538. The topological polar surface area (TPSA) is 49.4 Å². The maximum absolute atomic E-state index is 12.5. The molecule has 2 rings (SSSR count). The van der Waals surface area contributed by atoms with Gasteiger partial charge in [-0.1, -0.05) is 32.9 Å². The Labute approximate surface area is 121 Å². The fourth-order valence-corrected chi connectivity index (χ4v) is 4.25. The minimum Gasteiger partial charge on any atom is -0.382 e. The zero-order valence-electron chi connectivity index (χ0n) is 11.5. The lowest BCUT2D eigenvalue weighted by atomic mass is 10.0. The van der Waals surface area contributed by atoms with Gasteiger partial charge in [-0.3, -0.25) is 4.31 Å². The highest BCUT2D eigenvalue weighted by Gasteiger charge is 2.30. The maximum Gasteiger partial charge on any atom is 0.235 e. The molecule has 0 radical (unpaired) electrons.